The maximum Gasteiger partial charge on any atom is 0.200 e. The summed E-state index contributed by atoms with van der Waals surface area (Å²) in [6.07, 6.45) is 0. The van der Waals surface area contributed by atoms with E-state index < -0.39 is 41.2 Å². The van der Waals surface area contributed by atoms with Crippen LogP contribution in [0.5, 0.6) is 0 Å². The van der Waals surface area contributed by atoms with Crippen molar-refractivity contribution in [3.05, 3.63) is 92.8 Å². The molecule has 200 valence electrons. The molecule has 0 saturated heterocycles. The van der Waals surface area contributed by atoms with E-state index in [2.05, 4.69) is 20.8 Å². The van der Waals surface area contributed by atoms with E-state index in [1.165, 1.54) is 5.56 Å². The second-order valence-corrected chi connectivity index (χ2v) is 9.43. The lowest BCUT2D eigenvalue weighted by Crippen LogP contribution is -2.21. The molecule has 6 nitrogen and oxygen atoms in total. The Labute approximate surface area is 221 Å². The summed E-state index contributed by atoms with van der Waals surface area (Å²) in [5.41, 5.74) is 4.84. The molecule has 38 heavy (non-hydrogen) atoms. The molecule has 2 aromatic heterocycles. The molecule has 2 heterocycles. The van der Waals surface area contributed by atoms with Gasteiger partial charge in [-0.3, -0.25) is 9.36 Å². The van der Waals surface area contributed by atoms with Crippen LogP contribution in [0.2, 0.25) is 0 Å². The molecular formula is C26H25F5N6S. The fourth-order valence-corrected chi connectivity index (χ4v) is 4.33. The molecule has 0 fully saturated rings. The monoisotopic (exact) mass is 548 g/mol. The number of nitrogens with one attached hydrogen (secondary N) is 2. The predicted octanol–water partition coefficient (Wildman–Crippen LogP) is 6.22. The molecule has 0 saturated carbocycles. The molecule has 0 bridgehead atoms. The fraction of sp³-hybridized carbons (Fsp3) is 0.269. The highest BCUT2D eigenvalue weighted by Crippen LogP contribution is 2.27. The van der Waals surface area contributed by atoms with Crippen LogP contribution in [0.15, 0.2) is 24.3 Å². The predicted molar refractivity (Wildman–Crippen MR) is 139 cm³/mol. The normalized spacial score (nSPS) is 11.2. The standard InChI is InChI=1S/C26H25F5N6S/c1-12-6-8-17(9-7-12)10-36-15(4)24(13(2)34-36)32-26(38)33-25-14(3)35-37(16(25)5)11-18-19(27)21(29)23(31)22(30)20(18)28/h6-9H,10-11H2,1-5H3,(H2,32,33,38). The van der Waals surface area contributed by atoms with Crippen molar-refractivity contribution in [3.8, 4) is 0 Å². The Bertz CT molecular complexity index is 1510. The van der Waals surface area contributed by atoms with Gasteiger partial charge in [-0.05, 0) is 52.4 Å². The van der Waals surface area contributed by atoms with Gasteiger partial charge < -0.3 is 10.6 Å². The average Bonchev–Trinajstić information content (AvgIpc) is 3.29. The maximum atomic E-state index is 14.2. The molecule has 4 rings (SSSR count). The van der Waals surface area contributed by atoms with Crippen molar-refractivity contribution in [2.24, 2.45) is 0 Å². The Balaban J connectivity index is 1.52. The molecule has 0 spiro atoms. The molecule has 0 aliphatic rings. The summed E-state index contributed by atoms with van der Waals surface area (Å²) in [5.74, 6) is -10.00. The fourth-order valence-electron chi connectivity index (χ4n) is 4.13. The van der Waals surface area contributed by atoms with Crippen molar-refractivity contribution in [1.82, 2.24) is 19.6 Å². The van der Waals surface area contributed by atoms with Gasteiger partial charge in [0.2, 0.25) is 5.82 Å². The zero-order chi connectivity index (χ0) is 27.9. The summed E-state index contributed by atoms with van der Waals surface area (Å²) in [6, 6.07) is 8.16. The first kappa shape index (κ1) is 27.2. The smallest absolute Gasteiger partial charge is 0.200 e. The molecule has 4 aromatic rings. The SMILES string of the molecule is Cc1ccc(Cn2nc(C)c(NC(=S)Nc3c(C)nn(Cc4c(F)c(F)c(F)c(F)c4F)c3C)c2C)cc1. The van der Waals surface area contributed by atoms with E-state index >= 15 is 0 Å². The molecule has 0 aliphatic heterocycles. The Kier molecular flexibility index (Phi) is 7.54. The first-order valence-corrected chi connectivity index (χ1v) is 12.0. The number of aromatic nitrogens is 4. The van der Waals surface area contributed by atoms with Crippen molar-refractivity contribution < 1.29 is 22.0 Å². The van der Waals surface area contributed by atoms with Crippen LogP contribution in [-0.2, 0) is 13.1 Å². The van der Waals surface area contributed by atoms with Crippen molar-refractivity contribution in [3.63, 3.8) is 0 Å². The maximum absolute atomic E-state index is 14.2. The third-order valence-electron chi connectivity index (χ3n) is 6.30. The van der Waals surface area contributed by atoms with Gasteiger partial charge in [0.05, 0.1) is 52.8 Å². The molecule has 0 unspecified atom stereocenters. The van der Waals surface area contributed by atoms with E-state index in [0.29, 0.717) is 23.6 Å². The first-order chi connectivity index (χ1) is 17.9. The van der Waals surface area contributed by atoms with E-state index in [0.717, 1.165) is 27.3 Å². The zero-order valence-corrected chi connectivity index (χ0v) is 22.1. The van der Waals surface area contributed by atoms with Gasteiger partial charge in [-0.1, -0.05) is 29.8 Å². The van der Waals surface area contributed by atoms with Gasteiger partial charge in [-0.15, -0.1) is 0 Å². The Hall–Kier alpha value is -3.80. The second-order valence-electron chi connectivity index (χ2n) is 9.02. The highest BCUT2D eigenvalue weighted by molar-refractivity contribution is 7.80. The number of benzene rings is 2. The summed E-state index contributed by atoms with van der Waals surface area (Å²) in [6.45, 7) is 8.92. The minimum absolute atomic E-state index is 0.216. The van der Waals surface area contributed by atoms with Crippen LogP contribution in [0.25, 0.3) is 0 Å². The molecule has 0 aliphatic carbocycles. The number of anilines is 2. The number of hydrogen-bond donors (Lipinski definition) is 2. The molecule has 0 amide bonds. The summed E-state index contributed by atoms with van der Waals surface area (Å²) in [7, 11) is 0. The van der Waals surface area contributed by atoms with Gasteiger partial charge >= 0.3 is 0 Å². The van der Waals surface area contributed by atoms with Crippen molar-refractivity contribution in [2.45, 2.75) is 47.7 Å². The van der Waals surface area contributed by atoms with E-state index in [-0.39, 0.29) is 5.11 Å². The van der Waals surface area contributed by atoms with Crippen LogP contribution in [-0.4, -0.2) is 24.7 Å². The molecule has 12 heteroatoms. The molecule has 0 radical (unpaired) electrons. The van der Waals surface area contributed by atoms with E-state index in [9.17, 15) is 22.0 Å². The van der Waals surface area contributed by atoms with Gasteiger partial charge in [-0.25, -0.2) is 22.0 Å². The molecule has 0 atom stereocenters. The van der Waals surface area contributed by atoms with Crippen LogP contribution in [0.3, 0.4) is 0 Å². The quantitative estimate of drug-likeness (QED) is 0.130. The number of hydrogen-bond acceptors (Lipinski definition) is 3. The second kappa shape index (κ2) is 10.5. The topological polar surface area (TPSA) is 59.7 Å². The summed E-state index contributed by atoms with van der Waals surface area (Å²) >= 11 is 5.48. The van der Waals surface area contributed by atoms with Gasteiger partial charge in [0.15, 0.2) is 28.4 Å². The molecular weight excluding hydrogens is 523 g/mol. The Morgan fingerprint density at radius 1 is 0.684 bits per heavy atom. The number of nitrogens with zero attached hydrogens (tertiary/aromatic N) is 4. The van der Waals surface area contributed by atoms with Crippen LogP contribution in [0.1, 0.15) is 39.5 Å². The lowest BCUT2D eigenvalue weighted by atomic mass is 10.1. The summed E-state index contributed by atoms with van der Waals surface area (Å²) < 4.78 is 72.1. The number of thiocarbonyl (C=S) groups is 1. The van der Waals surface area contributed by atoms with Crippen LogP contribution < -0.4 is 10.6 Å². The van der Waals surface area contributed by atoms with Crippen LogP contribution >= 0.6 is 12.2 Å². The lowest BCUT2D eigenvalue weighted by molar-refractivity contribution is 0.366. The first-order valence-electron chi connectivity index (χ1n) is 11.6. The molecule has 2 N–H and O–H groups in total. The Morgan fingerprint density at radius 2 is 1.11 bits per heavy atom. The minimum Gasteiger partial charge on any atom is -0.329 e. The Morgan fingerprint density at radius 3 is 1.58 bits per heavy atom. The van der Waals surface area contributed by atoms with Gasteiger partial charge in [0.25, 0.3) is 0 Å². The van der Waals surface area contributed by atoms with Gasteiger partial charge in [0, 0.05) is 0 Å². The van der Waals surface area contributed by atoms with Crippen molar-refractivity contribution in [2.75, 3.05) is 10.6 Å². The zero-order valence-electron chi connectivity index (χ0n) is 21.3. The van der Waals surface area contributed by atoms with E-state index in [1.54, 1.807) is 13.8 Å². The lowest BCUT2D eigenvalue weighted by Gasteiger charge is -2.13. The van der Waals surface area contributed by atoms with Crippen molar-refractivity contribution in [1.29, 1.82) is 0 Å². The van der Waals surface area contributed by atoms with E-state index in [4.69, 9.17) is 12.2 Å². The largest absolute Gasteiger partial charge is 0.329 e. The van der Waals surface area contributed by atoms with Crippen LogP contribution in [0, 0.1) is 63.7 Å². The number of rotatable bonds is 6. The minimum atomic E-state index is -2.20. The number of halogens is 5. The third-order valence-corrected chi connectivity index (χ3v) is 6.51. The van der Waals surface area contributed by atoms with Gasteiger partial charge in [-0.2, -0.15) is 10.2 Å². The summed E-state index contributed by atoms with van der Waals surface area (Å²) in [4.78, 5) is 0. The number of aryl methyl sites for hydroxylation is 3. The molecule has 2 aromatic carbocycles. The van der Waals surface area contributed by atoms with E-state index in [1.807, 2.05) is 49.7 Å². The highest BCUT2D eigenvalue weighted by atomic mass is 32.1. The van der Waals surface area contributed by atoms with Gasteiger partial charge in [0.1, 0.15) is 0 Å². The third kappa shape index (κ3) is 5.13. The van der Waals surface area contributed by atoms with Crippen LogP contribution in [0.4, 0.5) is 33.3 Å². The average molecular weight is 549 g/mol. The summed E-state index contributed by atoms with van der Waals surface area (Å²) in [5, 5.41) is 15.2. The van der Waals surface area contributed by atoms with Crippen molar-refractivity contribution >= 4 is 28.7 Å². The highest BCUT2D eigenvalue weighted by Gasteiger charge is 2.27.